The third kappa shape index (κ3) is 13.4. The molecular formula is C34H52O4. The summed E-state index contributed by atoms with van der Waals surface area (Å²) in [5, 5.41) is 1.59. The Balaban J connectivity index is 1.72. The summed E-state index contributed by atoms with van der Waals surface area (Å²) in [6, 6.07) is 11.1. The molecule has 0 atom stereocenters. The Morgan fingerprint density at radius 2 is 0.789 bits per heavy atom. The topological polar surface area (TPSA) is 52.6 Å². The van der Waals surface area contributed by atoms with Crippen LogP contribution in [0.1, 0.15) is 142 Å². The molecule has 0 aliphatic heterocycles. The molecule has 2 rings (SSSR count). The Hall–Kier alpha value is -2.36. The van der Waals surface area contributed by atoms with Gasteiger partial charge in [-0.25, -0.2) is 0 Å². The highest BCUT2D eigenvalue weighted by Crippen LogP contribution is 2.33. The van der Waals surface area contributed by atoms with Crippen molar-refractivity contribution in [1.29, 1.82) is 0 Å². The van der Waals surface area contributed by atoms with Crippen molar-refractivity contribution in [1.82, 2.24) is 0 Å². The van der Waals surface area contributed by atoms with Gasteiger partial charge in [0.25, 0.3) is 0 Å². The summed E-state index contributed by atoms with van der Waals surface area (Å²) in [6.45, 7) is 4.48. The molecule has 212 valence electrons. The lowest BCUT2D eigenvalue weighted by molar-refractivity contribution is -0.135. The summed E-state index contributed by atoms with van der Waals surface area (Å²) in [7, 11) is 0. The van der Waals surface area contributed by atoms with E-state index in [2.05, 4.69) is 13.8 Å². The first-order valence-electron chi connectivity index (χ1n) is 15.6. The number of carbonyl (C=O) groups is 2. The Kier molecular flexibility index (Phi) is 17.3. The molecule has 0 amide bonds. The molecule has 38 heavy (non-hydrogen) atoms. The second-order valence-electron chi connectivity index (χ2n) is 10.7. The Morgan fingerprint density at radius 3 is 1.13 bits per heavy atom. The minimum Gasteiger partial charge on any atom is -0.426 e. The highest BCUT2D eigenvalue weighted by Gasteiger charge is 2.14. The molecule has 4 heteroatoms. The normalized spacial score (nSPS) is 11.1. The molecule has 0 spiro atoms. The number of benzene rings is 2. The van der Waals surface area contributed by atoms with Crippen molar-refractivity contribution in [2.45, 2.75) is 142 Å². The van der Waals surface area contributed by atoms with Crippen molar-refractivity contribution in [3.63, 3.8) is 0 Å². The summed E-state index contributed by atoms with van der Waals surface area (Å²) >= 11 is 0. The fourth-order valence-corrected chi connectivity index (χ4v) is 4.93. The van der Waals surface area contributed by atoms with Gasteiger partial charge in [0.1, 0.15) is 11.5 Å². The number of hydrogen-bond donors (Lipinski definition) is 0. The maximum atomic E-state index is 12.5. The molecule has 0 saturated heterocycles. The second-order valence-corrected chi connectivity index (χ2v) is 10.7. The van der Waals surface area contributed by atoms with Crippen LogP contribution in [-0.4, -0.2) is 11.9 Å². The molecule has 0 bridgehead atoms. The lowest BCUT2D eigenvalue weighted by Crippen LogP contribution is -2.09. The zero-order valence-electron chi connectivity index (χ0n) is 24.2. The predicted octanol–water partition coefficient (Wildman–Crippen LogP) is 10.5. The van der Waals surface area contributed by atoms with Crippen LogP contribution in [0.2, 0.25) is 0 Å². The van der Waals surface area contributed by atoms with Crippen LogP contribution < -0.4 is 9.47 Å². The molecule has 0 radical (unpaired) electrons. The first-order valence-corrected chi connectivity index (χ1v) is 15.6. The second kappa shape index (κ2) is 20.6. The summed E-state index contributed by atoms with van der Waals surface area (Å²) < 4.78 is 11.4. The van der Waals surface area contributed by atoms with Crippen LogP contribution in [0, 0.1) is 0 Å². The average Bonchev–Trinajstić information content (AvgIpc) is 2.92. The molecule has 0 heterocycles. The highest BCUT2D eigenvalue weighted by atomic mass is 16.5. The number of hydrogen-bond acceptors (Lipinski definition) is 4. The average molecular weight is 525 g/mol. The van der Waals surface area contributed by atoms with E-state index in [1.165, 1.54) is 89.9 Å². The zero-order valence-corrected chi connectivity index (χ0v) is 24.2. The summed E-state index contributed by atoms with van der Waals surface area (Å²) in [4.78, 5) is 25.0. The number of carbonyl (C=O) groups excluding carboxylic acids is 2. The van der Waals surface area contributed by atoms with Crippen LogP contribution in [0.5, 0.6) is 11.5 Å². The number of fused-ring (bicyclic) bond motifs is 1. The van der Waals surface area contributed by atoms with Gasteiger partial charge in [0.05, 0.1) is 0 Å². The number of unbranched alkanes of at least 4 members (excludes halogenated alkanes) is 16. The van der Waals surface area contributed by atoms with Gasteiger partial charge in [-0.05, 0) is 25.0 Å². The zero-order chi connectivity index (χ0) is 27.3. The van der Waals surface area contributed by atoms with Crippen LogP contribution in [0.25, 0.3) is 10.8 Å². The Morgan fingerprint density at radius 1 is 0.474 bits per heavy atom. The molecule has 0 aliphatic carbocycles. The van der Waals surface area contributed by atoms with Gasteiger partial charge in [0.15, 0.2) is 0 Å². The van der Waals surface area contributed by atoms with E-state index < -0.39 is 0 Å². The van der Waals surface area contributed by atoms with E-state index in [-0.39, 0.29) is 11.9 Å². The van der Waals surface area contributed by atoms with E-state index >= 15 is 0 Å². The minimum absolute atomic E-state index is 0.201. The van der Waals surface area contributed by atoms with E-state index in [4.69, 9.17) is 9.47 Å². The third-order valence-electron chi connectivity index (χ3n) is 7.26. The molecule has 0 saturated carbocycles. The lowest BCUT2D eigenvalue weighted by atomic mass is 10.1. The minimum atomic E-state index is -0.201. The van der Waals surface area contributed by atoms with E-state index in [1.807, 2.05) is 24.3 Å². The first kappa shape index (κ1) is 31.9. The standard InChI is InChI=1S/C34H52O4/c1-3-5-7-9-11-13-15-17-19-25-33(35)37-31-27-28-32(30-24-22-21-23-29(30)31)38-34(36)26-20-18-16-14-12-10-8-6-4-2/h21-24,27-28H,3-20,25-26H2,1-2H3. The van der Waals surface area contributed by atoms with Crippen molar-refractivity contribution >= 4 is 22.7 Å². The fraction of sp³-hybridized carbons (Fsp3) is 0.647. The van der Waals surface area contributed by atoms with E-state index in [0.29, 0.717) is 24.3 Å². The van der Waals surface area contributed by atoms with Crippen molar-refractivity contribution in [3.05, 3.63) is 36.4 Å². The summed E-state index contributed by atoms with van der Waals surface area (Å²) in [5.74, 6) is 0.655. The molecule has 0 unspecified atom stereocenters. The van der Waals surface area contributed by atoms with Crippen LogP contribution in [0.4, 0.5) is 0 Å². The molecule has 2 aromatic carbocycles. The van der Waals surface area contributed by atoms with Crippen molar-refractivity contribution in [2.24, 2.45) is 0 Å². The molecule has 0 aliphatic rings. The van der Waals surface area contributed by atoms with E-state index in [9.17, 15) is 9.59 Å². The third-order valence-corrected chi connectivity index (χ3v) is 7.26. The molecule has 2 aromatic rings. The van der Waals surface area contributed by atoms with Gasteiger partial charge in [-0.3, -0.25) is 9.59 Å². The van der Waals surface area contributed by atoms with Gasteiger partial charge in [0.2, 0.25) is 0 Å². The Bertz CT molecular complexity index is 845. The summed E-state index contributed by atoms with van der Waals surface area (Å²) in [6.07, 6.45) is 22.8. The van der Waals surface area contributed by atoms with Crippen molar-refractivity contribution in [3.8, 4) is 11.5 Å². The van der Waals surface area contributed by atoms with E-state index in [1.54, 1.807) is 12.1 Å². The summed E-state index contributed by atoms with van der Waals surface area (Å²) in [5.41, 5.74) is 0. The van der Waals surface area contributed by atoms with Crippen LogP contribution in [0.3, 0.4) is 0 Å². The van der Waals surface area contributed by atoms with E-state index in [0.717, 1.165) is 36.5 Å². The molecule has 0 N–H and O–H groups in total. The number of rotatable bonds is 22. The van der Waals surface area contributed by atoms with Gasteiger partial charge >= 0.3 is 11.9 Å². The first-order chi connectivity index (χ1) is 18.7. The van der Waals surface area contributed by atoms with Crippen LogP contribution >= 0.6 is 0 Å². The van der Waals surface area contributed by atoms with Gasteiger partial charge in [0, 0.05) is 23.6 Å². The largest absolute Gasteiger partial charge is 0.426 e. The lowest BCUT2D eigenvalue weighted by Gasteiger charge is -2.12. The Labute approximate surface area is 231 Å². The molecular weight excluding hydrogens is 472 g/mol. The van der Waals surface area contributed by atoms with Crippen LogP contribution in [0.15, 0.2) is 36.4 Å². The molecule has 0 fully saturated rings. The van der Waals surface area contributed by atoms with Gasteiger partial charge < -0.3 is 9.47 Å². The monoisotopic (exact) mass is 524 g/mol. The number of esters is 2. The van der Waals surface area contributed by atoms with Crippen molar-refractivity contribution in [2.75, 3.05) is 0 Å². The maximum absolute atomic E-state index is 12.5. The SMILES string of the molecule is CCCCCCCCCCCC(=O)Oc1ccc(OC(=O)CCCCCCCCCCC)c2ccccc12. The smallest absolute Gasteiger partial charge is 0.311 e. The predicted molar refractivity (Wildman–Crippen MR) is 159 cm³/mol. The van der Waals surface area contributed by atoms with Gasteiger partial charge in [-0.1, -0.05) is 141 Å². The highest BCUT2D eigenvalue weighted by molar-refractivity contribution is 5.96. The maximum Gasteiger partial charge on any atom is 0.311 e. The fourth-order valence-electron chi connectivity index (χ4n) is 4.93. The van der Waals surface area contributed by atoms with Gasteiger partial charge in [-0.2, -0.15) is 0 Å². The van der Waals surface area contributed by atoms with Crippen LogP contribution in [-0.2, 0) is 9.59 Å². The van der Waals surface area contributed by atoms with Gasteiger partial charge in [-0.15, -0.1) is 0 Å². The van der Waals surface area contributed by atoms with Crippen molar-refractivity contribution < 1.29 is 19.1 Å². The number of ether oxygens (including phenoxy) is 2. The molecule has 4 nitrogen and oxygen atoms in total. The quantitative estimate of drug-likeness (QED) is 0.0873. The molecule has 0 aromatic heterocycles.